The van der Waals surface area contributed by atoms with Gasteiger partial charge in [-0.15, -0.1) is 0 Å². The summed E-state index contributed by atoms with van der Waals surface area (Å²) in [5.41, 5.74) is -1.93. The number of aliphatic hydroxyl groups excluding tert-OH is 3. The molecule has 4 N–H and O–H groups in total. The molecule has 1 fully saturated rings. The molecule has 1 aliphatic rings. The normalized spacial score (nSPS) is 37.5. The smallest absolute Gasteiger partial charge is 0.338 e. The van der Waals surface area contributed by atoms with E-state index in [9.17, 15) is 25.2 Å². The van der Waals surface area contributed by atoms with Gasteiger partial charge in [-0.1, -0.05) is 0 Å². The van der Waals surface area contributed by atoms with Crippen molar-refractivity contribution in [1.82, 2.24) is 0 Å². The molecule has 0 heterocycles. The number of ether oxygens (including phenoxy) is 1. The van der Waals surface area contributed by atoms with E-state index >= 15 is 0 Å². The summed E-state index contributed by atoms with van der Waals surface area (Å²) >= 11 is 0. The fourth-order valence-corrected chi connectivity index (χ4v) is 1.76. The Kier molecular flexibility index (Phi) is 6.18. The van der Waals surface area contributed by atoms with Crippen LogP contribution in [0.15, 0.2) is 0 Å². The van der Waals surface area contributed by atoms with E-state index in [0.717, 1.165) is 0 Å². The molecule has 0 amide bonds. The second kappa shape index (κ2) is 6.20. The van der Waals surface area contributed by atoms with Crippen molar-refractivity contribution in [3.63, 3.8) is 0 Å². The number of hydrogen-bond donors (Lipinski definition) is 4. The molecule has 0 aromatic rings. The summed E-state index contributed by atoms with van der Waals surface area (Å²) in [6.45, 7) is 3.26. The van der Waals surface area contributed by atoms with Gasteiger partial charge in [0.25, 0.3) is 0 Å². The van der Waals surface area contributed by atoms with Crippen LogP contribution in [-0.2, 0) is 29.0 Å². The minimum atomic E-state index is -1.93. The Morgan fingerprint density at radius 1 is 1.24 bits per heavy atom. The number of esters is 1. The molecule has 0 aromatic heterocycles. The molecular formula is C10H18O6Zn. The quantitative estimate of drug-likeness (QED) is 0.367. The Hall–Kier alpha value is -0.0666. The van der Waals surface area contributed by atoms with Crippen LogP contribution in [0, 0.1) is 0 Å². The van der Waals surface area contributed by atoms with Gasteiger partial charge in [0.15, 0.2) is 5.60 Å². The average Bonchev–Trinajstić information content (AvgIpc) is 2.13. The van der Waals surface area contributed by atoms with E-state index in [1.54, 1.807) is 13.8 Å². The van der Waals surface area contributed by atoms with E-state index in [0.29, 0.717) is 0 Å². The first-order valence-corrected chi connectivity index (χ1v) is 5.24. The first-order chi connectivity index (χ1) is 7.26. The van der Waals surface area contributed by atoms with Crippen molar-refractivity contribution in [3.05, 3.63) is 0 Å². The minimum absolute atomic E-state index is 0. The van der Waals surface area contributed by atoms with Crippen LogP contribution in [0.3, 0.4) is 0 Å². The molecule has 0 saturated heterocycles. The van der Waals surface area contributed by atoms with Gasteiger partial charge in [-0.25, -0.2) is 4.79 Å². The molecule has 17 heavy (non-hydrogen) atoms. The van der Waals surface area contributed by atoms with Gasteiger partial charge >= 0.3 is 5.97 Å². The largest absolute Gasteiger partial charge is 0.461 e. The van der Waals surface area contributed by atoms with Crippen LogP contribution in [-0.4, -0.2) is 56.4 Å². The maximum atomic E-state index is 11.6. The molecule has 7 heteroatoms. The Morgan fingerprint density at radius 2 is 1.65 bits per heavy atom. The summed E-state index contributed by atoms with van der Waals surface area (Å²) in [6, 6.07) is 0. The second-order valence-electron chi connectivity index (χ2n) is 4.52. The number of carbonyl (C=O) groups excluding carboxylic acids is 1. The van der Waals surface area contributed by atoms with Crippen LogP contribution in [0.25, 0.3) is 0 Å². The van der Waals surface area contributed by atoms with E-state index in [1.165, 1.54) is 0 Å². The third kappa shape index (κ3) is 3.96. The molecule has 1 rings (SSSR count). The van der Waals surface area contributed by atoms with Gasteiger partial charge < -0.3 is 25.2 Å². The monoisotopic (exact) mass is 298 g/mol. The van der Waals surface area contributed by atoms with Crippen LogP contribution < -0.4 is 0 Å². The molecule has 0 spiro atoms. The third-order valence-electron chi connectivity index (χ3n) is 2.60. The van der Waals surface area contributed by atoms with Crippen LogP contribution in [0.5, 0.6) is 0 Å². The van der Waals surface area contributed by atoms with Gasteiger partial charge in [-0.3, -0.25) is 0 Å². The Morgan fingerprint density at radius 3 is 2.00 bits per heavy atom. The maximum Gasteiger partial charge on any atom is 0.338 e. The molecule has 0 unspecified atom stereocenters. The minimum Gasteiger partial charge on any atom is -0.461 e. The third-order valence-corrected chi connectivity index (χ3v) is 2.60. The van der Waals surface area contributed by atoms with E-state index < -0.39 is 36.0 Å². The molecular weight excluding hydrogens is 281 g/mol. The standard InChI is InChI=1S/C10H18O6.Zn/c1-5(2)16-9(14)10(15)3-6(11)8(13)7(12)4-10;/h5-8,11-13,15H,3-4H2,1-2H3;/t6-,7-,8?,10?;/m1./s1. The van der Waals surface area contributed by atoms with Crippen molar-refractivity contribution >= 4 is 5.97 Å². The Bertz CT molecular complexity index is 258. The fraction of sp³-hybridized carbons (Fsp3) is 0.900. The molecule has 2 atom stereocenters. The van der Waals surface area contributed by atoms with Gasteiger partial charge in [-0.2, -0.15) is 0 Å². The number of aliphatic hydroxyl groups is 4. The van der Waals surface area contributed by atoms with Gasteiger partial charge in [-0.05, 0) is 13.8 Å². The summed E-state index contributed by atoms with van der Waals surface area (Å²) in [5.74, 6) is -0.882. The summed E-state index contributed by atoms with van der Waals surface area (Å²) in [6.07, 6.45) is -5.08. The van der Waals surface area contributed by atoms with Crippen LogP contribution in [0.1, 0.15) is 26.7 Å². The van der Waals surface area contributed by atoms with Gasteiger partial charge in [0.1, 0.15) is 6.10 Å². The summed E-state index contributed by atoms with van der Waals surface area (Å²) < 4.78 is 4.83. The fourth-order valence-electron chi connectivity index (χ4n) is 1.76. The molecule has 6 nitrogen and oxygen atoms in total. The van der Waals surface area contributed by atoms with E-state index in [4.69, 9.17) is 4.74 Å². The van der Waals surface area contributed by atoms with Crippen LogP contribution >= 0.6 is 0 Å². The van der Waals surface area contributed by atoms with Crippen molar-refractivity contribution in [1.29, 1.82) is 0 Å². The van der Waals surface area contributed by atoms with Gasteiger partial charge in [0.2, 0.25) is 0 Å². The predicted molar refractivity (Wildman–Crippen MR) is 53.4 cm³/mol. The average molecular weight is 300 g/mol. The van der Waals surface area contributed by atoms with Crippen molar-refractivity contribution in [3.8, 4) is 0 Å². The predicted octanol–water partition coefficient (Wildman–Crippen LogP) is -1.46. The zero-order chi connectivity index (χ0) is 12.5. The summed E-state index contributed by atoms with van der Waals surface area (Å²) in [4.78, 5) is 11.6. The number of carbonyl (C=O) groups is 1. The van der Waals surface area contributed by atoms with Crippen molar-refractivity contribution in [2.75, 3.05) is 0 Å². The van der Waals surface area contributed by atoms with E-state index in [-0.39, 0.29) is 32.3 Å². The Balaban J connectivity index is 0.00000256. The number of rotatable bonds is 2. The zero-order valence-corrected chi connectivity index (χ0v) is 13.0. The van der Waals surface area contributed by atoms with Gasteiger partial charge in [0.05, 0.1) is 18.3 Å². The molecule has 1 saturated carbocycles. The first kappa shape index (κ1) is 16.9. The van der Waals surface area contributed by atoms with Crippen molar-refractivity contribution in [2.45, 2.75) is 56.7 Å². The molecule has 1 aliphatic carbocycles. The topological polar surface area (TPSA) is 107 Å². The molecule has 0 aromatic carbocycles. The van der Waals surface area contributed by atoms with Gasteiger partial charge in [0, 0.05) is 32.3 Å². The van der Waals surface area contributed by atoms with Crippen LogP contribution in [0.2, 0.25) is 0 Å². The first-order valence-electron chi connectivity index (χ1n) is 5.24. The van der Waals surface area contributed by atoms with Crippen LogP contribution in [0.4, 0.5) is 0 Å². The second-order valence-corrected chi connectivity index (χ2v) is 4.52. The van der Waals surface area contributed by atoms with Crippen molar-refractivity contribution in [2.24, 2.45) is 0 Å². The summed E-state index contributed by atoms with van der Waals surface area (Å²) in [5, 5.41) is 38.0. The Labute approximate surface area is 112 Å². The molecule has 96 valence electrons. The van der Waals surface area contributed by atoms with E-state index in [2.05, 4.69) is 0 Å². The zero-order valence-electron chi connectivity index (χ0n) is 10.0. The van der Waals surface area contributed by atoms with Crippen molar-refractivity contribution < 1.29 is 49.4 Å². The molecule has 0 aliphatic heterocycles. The molecule has 0 bridgehead atoms. The summed E-state index contributed by atoms with van der Waals surface area (Å²) in [7, 11) is 0. The maximum absolute atomic E-state index is 11.6. The number of hydrogen-bond acceptors (Lipinski definition) is 6. The van der Waals surface area contributed by atoms with E-state index in [1.807, 2.05) is 0 Å². The SMILES string of the molecule is CC(C)OC(=O)C1(O)C[C@@H](O)C(O)[C@H](O)C1.[Zn]. The molecule has 0 radical (unpaired) electrons.